The molecular weight excluding hydrogens is 251 g/mol. The lowest BCUT2D eigenvalue weighted by atomic mass is 9.81. The quantitative estimate of drug-likeness (QED) is 0.774. The van der Waals surface area contributed by atoms with E-state index < -0.39 is 5.60 Å². The van der Waals surface area contributed by atoms with Crippen LogP contribution in [-0.4, -0.2) is 5.11 Å². The van der Waals surface area contributed by atoms with Crippen LogP contribution in [0.5, 0.6) is 0 Å². The summed E-state index contributed by atoms with van der Waals surface area (Å²) in [5.41, 5.74) is 2.17. The highest BCUT2D eigenvalue weighted by molar-refractivity contribution is 5.43. The van der Waals surface area contributed by atoms with Crippen LogP contribution < -0.4 is 0 Å². The second-order valence-electron chi connectivity index (χ2n) is 5.71. The van der Waals surface area contributed by atoms with Crippen molar-refractivity contribution < 1.29 is 9.50 Å². The molecule has 1 N–H and O–H groups in total. The first-order chi connectivity index (χ1) is 9.61. The summed E-state index contributed by atoms with van der Waals surface area (Å²) in [6.07, 6.45) is 3.46. The van der Waals surface area contributed by atoms with E-state index in [0.29, 0.717) is 12.0 Å². The molecule has 1 aliphatic carbocycles. The Bertz CT molecular complexity index is 635. The molecule has 1 nitrogen and oxygen atoms in total. The summed E-state index contributed by atoms with van der Waals surface area (Å²) in [7, 11) is 0. The topological polar surface area (TPSA) is 20.2 Å². The molecule has 3 rings (SSSR count). The monoisotopic (exact) mass is 270 g/mol. The van der Waals surface area contributed by atoms with Crippen LogP contribution >= 0.6 is 0 Å². The van der Waals surface area contributed by atoms with Crippen LogP contribution in [0.1, 0.15) is 41.5 Å². The molecule has 0 fully saturated rings. The molecule has 2 aromatic carbocycles. The summed E-state index contributed by atoms with van der Waals surface area (Å²) in [6, 6.07) is 12.8. The fraction of sp³-hybridized carbons (Fsp3) is 0.333. The average Bonchev–Trinajstić information content (AvgIpc) is 2.62. The average molecular weight is 270 g/mol. The van der Waals surface area contributed by atoms with Crippen molar-refractivity contribution in [2.45, 2.75) is 38.2 Å². The molecule has 1 atom stereocenters. The maximum atomic E-state index is 14.3. The maximum Gasteiger partial charge on any atom is 0.129 e. The fourth-order valence-corrected chi connectivity index (χ4v) is 3.21. The Balaban J connectivity index is 2.22. The molecular formula is C18H19FO. The maximum absolute atomic E-state index is 14.3. The molecule has 0 aliphatic heterocycles. The molecule has 0 aromatic heterocycles. The van der Waals surface area contributed by atoms with Crippen molar-refractivity contribution >= 4 is 0 Å². The molecule has 20 heavy (non-hydrogen) atoms. The summed E-state index contributed by atoms with van der Waals surface area (Å²) in [5.74, 6) is -0.324. The van der Waals surface area contributed by atoms with Gasteiger partial charge >= 0.3 is 0 Å². The van der Waals surface area contributed by atoms with Gasteiger partial charge in [0.25, 0.3) is 0 Å². The predicted molar refractivity (Wildman–Crippen MR) is 78.1 cm³/mol. The van der Waals surface area contributed by atoms with E-state index in [1.165, 1.54) is 6.07 Å². The van der Waals surface area contributed by atoms with Crippen LogP contribution in [0.2, 0.25) is 0 Å². The van der Waals surface area contributed by atoms with E-state index in [-0.39, 0.29) is 5.82 Å². The van der Waals surface area contributed by atoms with Crippen LogP contribution in [0.25, 0.3) is 0 Å². The highest BCUT2D eigenvalue weighted by Gasteiger charge is 2.36. The number of rotatable bonds is 1. The van der Waals surface area contributed by atoms with Gasteiger partial charge in [-0.1, -0.05) is 35.9 Å². The molecule has 2 aromatic rings. The number of hydrogen-bond donors (Lipinski definition) is 1. The second-order valence-corrected chi connectivity index (χ2v) is 5.71. The lowest BCUT2D eigenvalue weighted by Crippen LogP contribution is -2.29. The lowest BCUT2D eigenvalue weighted by Gasteiger charge is -2.30. The van der Waals surface area contributed by atoms with Crippen molar-refractivity contribution in [3.8, 4) is 0 Å². The number of aliphatic hydroxyl groups is 1. The van der Waals surface area contributed by atoms with E-state index in [9.17, 15) is 9.50 Å². The van der Waals surface area contributed by atoms with Gasteiger partial charge in [-0.2, -0.15) is 0 Å². The van der Waals surface area contributed by atoms with Gasteiger partial charge in [0.05, 0.1) is 0 Å². The highest BCUT2D eigenvalue weighted by atomic mass is 19.1. The summed E-state index contributed by atoms with van der Waals surface area (Å²) >= 11 is 0. The van der Waals surface area contributed by atoms with Crippen molar-refractivity contribution in [3.05, 3.63) is 70.5 Å². The standard InChI is InChI=1S/C18H19FO/c1-13-9-10-17(19)16(12-13)18(20)11-5-4-7-14-6-2-3-8-15(14)18/h2-3,6,8-10,12,20H,4-5,7,11H2,1H3. The van der Waals surface area contributed by atoms with Crippen LogP contribution in [0, 0.1) is 12.7 Å². The summed E-state index contributed by atoms with van der Waals surface area (Å²) in [5, 5.41) is 11.2. The second kappa shape index (κ2) is 5.02. The normalized spacial score (nSPS) is 22.1. The van der Waals surface area contributed by atoms with E-state index in [1.807, 2.05) is 31.2 Å². The van der Waals surface area contributed by atoms with E-state index in [4.69, 9.17) is 0 Å². The minimum atomic E-state index is -1.21. The first-order valence-electron chi connectivity index (χ1n) is 7.19. The zero-order valence-electron chi connectivity index (χ0n) is 11.7. The highest BCUT2D eigenvalue weighted by Crippen LogP contribution is 2.40. The summed E-state index contributed by atoms with van der Waals surface area (Å²) in [6.45, 7) is 1.93. The zero-order chi connectivity index (χ0) is 14.2. The van der Waals surface area contributed by atoms with Gasteiger partial charge in [-0.3, -0.25) is 0 Å². The molecule has 0 bridgehead atoms. The van der Waals surface area contributed by atoms with Gasteiger partial charge < -0.3 is 5.11 Å². The van der Waals surface area contributed by atoms with Crippen molar-refractivity contribution in [3.63, 3.8) is 0 Å². The molecule has 0 saturated heterocycles. The van der Waals surface area contributed by atoms with Crippen molar-refractivity contribution in [1.29, 1.82) is 0 Å². The van der Waals surface area contributed by atoms with Crippen LogP contribution in [0.15, 0.2) is 42.5 Å². The number of halogens is 1. The Morgan fingerprint density at radius 3 is 2.70 bits per heavy atom. The molecule has 0 spiro atoms. The van der Waals surface area contributed by atoms with Gasteiger partial charge in [0.2, 0.25) is 0 Å². The third-order valence-corrected chi connectivity index (χ3v) is 4.27. The van der Waals surface area contributed by atoms with Crippen LogP contribution in [0.3, 0.4) is 0 Å². The first-order valence-corrected chi connectivity index (χ1v) is 7.19. The van der Waals surface area contributed by atoms with Crippen molar-refractivity contribution in [2.24, 2.45) is 0 Å². The van der Waals surface area contributed by atoms with Gasteiger partial charge in [-0.15, -0.1) is 0 Å². The molecule has 104 valence electrons. The SMILES string of the molecule is Cc1ccc(F)c(C2(O)CCCCc3ccccc32)c1. The Labute approximate surface area is 119 Å². The van der Waals surface area contributed by atoms with Crippen molar-refractivity contribution in [1.82, 2.24) is 0 Å². The minimum Gasteiger partial charge on any atom is -0.380 e. The fourth-order valence-electron chi connectivity index (χ4n) is 3.21. The largest absolute Gasteiger partial charge is 0.380 e. The number of fused-ring (bicyclic) bond motifs is 1. The van der Waals surface area contributed by atoms with Crippen LogP contribution in [0.4, 0.5) is 4.39 Å². The molecule has 0 heterocycles. The minimum absolute atomic E-state index is 0.324. The molecule has 1 aliphatic rings. The number of benzene rings is 2. The van der Waals surface area contributed by atoms with Gasteiger partial charge in [0.15, 0.2) is 0 Å². The van der Waals surface area contributed by atoms with E-state index >= 15 is 0 Å². The number of aryl methyl sites for hydroxylation is 2. The van der Waals surface area contributed by atoms with Gasteiger partial charge in [0, 0.05) is 5.56 Å². The Morgan fingerprint density at radius 2 is 1.85 bits per heavy atom. The molecule has 0 saturated carbocycles. The lowest BCUT2D eigenvalue weighted by molar-refractivity contribution is 0.0665. The summed E-state index contributed by atoms with van der Waals surface area (Å²) < 4.78 is 14.3. The van der Waals surface area contributed by atoms with E-state index in [0.717, 1.165) is 36.0 Å². The zero-order valence-corrected chi connectivity index (χ0v) is 11.7. The number of hydrogen-bond acceptors (Lipinski definition) is 1. The molecule has 1 unspecified atom stereocenters. The molecule has 0 radical (unpaired) electrons. The Kier molecular flexibility index (Phi) is 3.35. The van der Waals surface area contributed by atoms with Crippen molar-refractivity contribution in [2.75, 3.05) is 0 Å². The van der Waals surface area contributed by atoms with E-state index in [1.54, 1.807) is 12.1 Å². The Hall–Kier alpha value is -1.67. The van der Waals surface area contributed by atoms with Gasteiger partial charge in [0.1, 0.15) is 11.4 Å². The Morgan fingerprint density at radius 1 is 1.05 bits per heavy atom. The first kappa shape index (κ1) is 13.3. The summed E-state index contributed by atoms with van der Waals surface area (Å²) in [4.78, 5) is 0. The third-order valence-electron chi connectivity index (χ3n) is 4.27. The predicted octanol–water partition coefficient (Wildman–Crippen LogP) is 4.10. The van der Waals surface area contributed by atoms with Gasteiger partial charge in [-0.25, -0.2) is 4.39 Å². The van der Waals surface area contributed by atoms with Crippen LogP contribution in [-0.2, 0) is 12.0 Å². The molecule has 2 heteroatoms. The van der Waals surface area contributed by atoms with Gasteiger partial charge in [-0.05, 0) is 55.9 Å². The third kappa shape index (κ3) is 2.14. The molecule has 0 amide bonds. The smallest absolute Gasteiger partial charge is 0.129 e. The van der Waals surface area contributed by atoms with E-state index in [2.05, 4.69) is 0 Å².